The van der Waals surface area contributed by atoms with Crippen LogP contribution >= 0.6 is 0 Å². The first-order valence-corrected chi connectivity index (χ1v) is 6.70. The average molecular weight is 303 g/mol. The minimum Gasteiger partial charge on any atom is -0.338 e. The molecule has 0 atom stereocenters. The van der Waals surface area contributed by atoms with Gasteiger partial charge in [-0.2, -0.15) is 4.98 Å². The van der Waals surface area contributed by atoms with Crippen molar-refractivity contribution in [2.45, 2.75) is 19.6 Å². The van der Waals surface area contributed by atoms with E-state index in [1.165, 1.54) is 6.07 Å². The lowest BCUT2D eigenvalue weighted by molar-refractivity contribution is -0.384. The maximum atomic E-state index is 10.8. The summed E-state index contributed by atoms with van der Waals surface area (Å²) in [4.78, 5) is 16.6. The van der Waals surface area contributed by atoms with E-state index in [-0.39, 0.29) is 12.2 Å². The Kier molecular flexibility index (Phi) is 5.34. The highest BCUT2D eigenvalue weighted by Gasteiger charge is 2.13. The van der Waals surface area contributed by atoms with Gasteiger partial charge in [-0.3, -0.25) is 15.0 Å². The second kappa shape index (κ2) is 7.43. The van der Waals surface area contributed by atoms with Gasteiger partial charge in [0.1, 0.15) is 0 Å². The second-order valence-corrected chi connectivity index (χ2v) is 4.69. The van der Waals surface area contributed by atoms with Crippen LogP contribution in [0.15, 0.2) is 41.4 Å². The first kappa shape index (κ1) is 15.8. The van der Waals surface area contributed by atoms with Crippen molar-refractivity contribution in [3.05, 3.63) is 64.3 Å². The molecule has 116 valence electrons. The molecule has 0 bridgehead atoms. The van der Waals surface area contributed by atoms with Gasteiger partial charge in [-0.05, 0) is 5.56 Å². The standard InChI is InChI=1S/C14H17N5O3/c1-2-6-18(10-13-16-14(8-15)22-17-13)9-11-4-3-5-12(7-11)19(20)21/h2-5,7H,1,6,8-10,15H2. The fraction of sp³-hybridized carbons (Fsp3) is 0.286. The van der Waals surface area contributed by atoms with Gasteiger partial charge in [-0.15, -0.1) is 6.58 Å². The van der Waals surface area contributed by atoms with E-state index in [1.54, 1.807) is 18.2 Å². The number of hydrogen-bond donors (Lipinski definition) is 1. The van der Waals surface area contributed by atoms with Gasteiger partial charge in [0.2, 0.25) is 5.89 Å². The molecule has 0 saturated carbocycles. The van der Waals surface area contributed by atoms with E-state index in [0.29, 0.717) is 31.3 Å². The molecule has 8 heteroatoms. The highest BCUT2D eigenvalue weighted by atomic mass is 16.6. The van der Waals surface area contributed by atoms with Gasteiger partial charge >= 0.3 is 0 Å². The Bertz CT molecular complexity index is 655. The van der Waals surface area contributed by atoms with Crippen molar-refractivity contribution < 1.29 is 9.45 Å². The van der Waals surface area contributed by atoms with Crippen molar-refractivity contribution >= 4 is 5.69 Å². The van der Waals surface area contributed by atoms with Crippen LogP contribution in [0.4, 0.5) is 5.69 Å². The van der Waals surface area contributed by atoms with Crippen LogP contribution in [0, 0.1) is 10.1 Å². The summed E-state index contributed by atoms with van der Waals surface area (Å²) in [5.74, 6) is 0.900. The fourth-order valence-corrected chi connectivity index (χ4v) is 2.03. The van der Waals surface area contributed by atoms with Gasteiger partial charge in [0, 0.05) is 25.2 Å². The van der Waals surface area contributed by atoms with Crippen LogP contribution in [-0.4, -0.2) is 26.5 Å². The number of non-ortho nitro benzene ring substituents is 1. The van der Waals surface area contributed by atoms with E-state index in [1.807, 2.05) is 11.0 Å². The zero-order chi connectivity index (χ0) is 15.9. The number of nitrogens with zero attached hydrogens (tertiary/aromatic N) is 4. The molecular weight excluding hydrogens is 286 g/mol. The predicted molar refractivity (Wildman–Crippen MR) is 79.6 cm³/mol. The molecule has 1 aromatic carbocycles. The molecule has 0 fully saturated rings. The van der Waals surface area contributed by atoms with E-state index in [4.69, 9.17) is 10.3 Å². The third kappa shape index (κ3) is 4.21. The van der Waals surface area contributed by atoms with E-state index in [9.17, 15) is 10.1 Å². The molecule has 0 spiro atoms. The Labute approximate surface area is 127 Å². The molecule has 0 unspecified atom stereocenters. The predicted octanol–water partition coefficient (Wildman–Crippen LogP) is 1.62. The summed E-state index contributed by atoms with van der Waals surface area (Å²) in [6.45, 7) is 5.46. The Morgan fingerprint density at radius 3 is 2.91 bits per heavy atom. The first-order chi connectivity index (χ1) is 10.6. The smallest absolute Gasteiger partial charge is 0.269 e. The molecule has 2 rings (SSSR count). The lowest BCUT2D eigenvalue weighted by atomic mass is 10.2. The Morgan fingerprint density at radius 1 is 1.45 bits per heavy atom. The van der Waals surface area contributed by atoms with E-state index >= 15 is 0 Å². The molecule has 0 saturated heterocycles. The van der Waals surface area contributed by atoms with Gasteiger partial charge in [-0.1, -0.05) is 23.4 Å². The zero-order valence-corrected chi connectivity index (χ0v) is 12.0. The Balaban J connectivity index is 2.09. The number of aromatic nitrogens is 2. The van der Waals surface area contributed by atoms with Crippen LogP contribution in [-0.2, 0) is 19.6 Å². The molecule has 1 aromatic heterocycles. The largest absolute Gasteiger partial charge is 0.338 e. The van der Waals surface area contributed by atoms with Crippen molar-refractivity contribution in [2.24, 2.45) is 5.73 Å². The lowest BCUT2D eigenvalue weighted by Gasteiger charge is -2.18. The number of nitrogens with two attached hydrogens (primary N) is 1. The summed E-state index contributed by atoms with van der Waals surface area (Å²) in [6.07, 6.45) is 1.75. The normalized spacial score (nSPS) is 10.8. The van der Waals surface area contributed by atoms with E-state index in [2.05, 4.69) is 16.7 Å². The molecule has 0 aliphatic carbocycles. The highest BCUT2D eigenvalue weighted by Crippen LogP contribution is 2.15. The number of rotatable bonds is 8. The second-order valence-electron chi connectivity index (χ2n) is 4.69. The molecule has 0 amide bonds. The first-order valence-electron chi connectivity index (χ1n) is 6.70. The van der Waals surface area contributed by atoms with Crippen LogP contribution in [0.25, 0.3) is 0 Å². The van der Waals surface area contributed by atoms with Gasteiger partial charge in [0.15, 0.2) is 5.82 Å². The molecule has 2 N–H and O–H groups in total. The zero-order valence-electron chi connectivity index (χ0n) is 12.0. The van der Waals surface area contributed by atoms with Gasteiger partial charge in [0.05, 0.1) is 18.0 Å². The summed E-state index contributed by atoms with van der Waals surface area (Å²) in [6, 6.07) is 6.52. The van der Waals surface area contributed by atoms with Crippen molar-refractivity contribution in [3.8, 4) is 0 Å². The summed E-state index contributed by atoms with van der Waals surface area (Å²) in [5, 5.41) is 14.7. The molecule has 0 aliphatic rings. The number of nitro benzene ring substituents is 1. The molecule has 1 heterocycles. The molecule has 0 aliphatic heterocycles. The Morgan fingerprint density at radius 2 is 2.27 bits per heavy atom. The third-order valence-electron chi connectivity index (χ3n) is 2.96. The molecule has 0 radical (unpaired) electrons. The summed E-state index contributed by atoms with van der Waals surface area (Å²) >= 11 is 0. The molecule has 22 heavy (non-hydrogen) atoms. The van der Waals surface area contributed by atoms with E-state index < -0.39 is 4.92 Å². The summed E-state index contributed by atoms with van der Waals surface area (Å²) in [5.41, 5.74) is 6.33. The molecule has 8 nitrogen and oxygen atoms in total. The van der Waals surface area contributed by atoms with Crippen LogP contribution in [0.5, 0.6) is 0 Å². The summed E-state index contributed by atoms with van der Waals surface area (Å²) < 4.78 is 4.97. The van der Waals surface area contributed by atoms with Crippen LogP contribution in [0.3, 0.4) is 0 Å². The topological polar surface area (TPSA) is 111 Å². The van der Waals surface area contributed by atoms with Crippen LogP contribution in [0.2, 0.25) is 0 Å². The van der Waals surface area contributed by atoms with Gasteiger partial charge in [-0.25, -0.2) is 0 Å². The Hall–Kier alpha value is -2.58. The van der Waals surface area contributed by atoms with Crippen molar-refractivity contribution in [1.82, 2.24) is 15.0 Å². The number of hydrogen-bond acceptors (Lipinski definition) is 7. The van der Waals surface area contributed by atoms with E-state index in [0.717, 1.165) is 5.56 Å². The maximum absolute atomic E-state index is 10.8. The highest BCUT2D eigenvalue weighted by molar-refractivity contribution is 5.34. The number of benzene rings is 1. The van der Waals surface area contributed by atoms with Crippen molar-refractivity contribution in [1.29, 1.82) is 0 Å². The van der Waals surface area contributed by atoms with Crippen molar-refractivity contribution in [3.63, 3.8) is 0 Å². The minimum atomic E-state index is -0.409. The maximum Gasteiger partial charge on any atom is 0.269 e. The van der Waals surface area contributed by atoms with Crippen molar-refractivity contribution in [2.75, 3.05) is 6.54 Å². The molecular formula is C14H17N5O3. The molecule has 2 aromatic rings. The quantitative estimate of drug-likeness (QED) is 0.448. The fourth-order valence-electron chi connectivity index (χ4n) is 2.03. The van der Waals surface area contributed by atoms with Gasteiger partial charge in [0.25, 0.3) is 5.69 Å². The van der Waals surface area contributed by atoms with Crippen LogP contribution < -0.4 is 5.73 Å². The monoisotopic (exact) mass is 303 g/mol. The third-order valence-corrected chi connectivity index (χ3v) is 2.96. The SMILES string of the molecule is C=CCN(Cc1cccc([N+](=O)[O-])c1)Cc1noc(CN)n1. The average Bonchev–Trinajstić information content (AvgIpc) is 2.95. The van der Waals surface area contributed by atoms with Gasteiger partial charge < -0.3 is 10.3 Å². The number of nitro groups is 1. The lowest BCUT2D eigenvalue weighted by Crippen LogP contribution is -2.23. The summed E-state index contributed by atoms with van der Waals surface area (Å²) in [7, 11) is 0. The van der Waals surface area contributed by atoms with Crippen LogP contribution in [0.1, 0.15) is 17.3 Å². The minimum absolute atomic E-state index is 0.0704.